The van der Waals surface area contributed by atoms with Crippen molar-refractivity contribution in [3.8, 4) is 0 Å². The van der Waals surface area contributed by atoms with Gasteiger partial charge in [-0.25, -0.2) is 0 Å². The van der Waals surface area contributed by atoms with Gasteiger partial charge in [0.05, 0.1) is 13.2 Å². The molecule has 1 aliphatic carbocycles. The van der Waals surface area contributed by atoms with Crippen LogP contribution in [0.3, 0.4) is 0 Å². The van der Waals surface area contributed by atoms with Crippen LogP contribution in [0.15, 0.2) is 30.3 Å². The number of ketones is 1. The second-order valence-corrected chi connectivity index (χ2v) is 5.89. The summed E-state index contributed by atoms with van der Waals surface area (Å²) in [6.07, 6.45) is 1.75. The summed E-state index contributed by atoms with van der Waals surface area (Å²) < 4.78 is 10.2. The molecule has 0 radical (unpaired) electrons. The van der Waals surface area contributed by atoms with Crippen LogP contribution in [0.4, 0.5) is 0 Å². The van der Waals surface area contributed by atoms with E-state index in [0.29, 0.717) is 19.3 Å². The highest BCUT2D eigenvalue weighted by atomic mass is 16.6. The van der Waals surface area contributed by atoms with Crippen LogP contribution >= 0.6 is 0 Å². The number of ether oxygens (including phenoxy) is 2. The van der Waals surface area contributed by atoms with Crippen molar-refractivity contribution >= 4 is 17.7 Å². The maximum Gasteiger partial charge on any atom is 0.320 e. The zero-order chi connectivity index (χ0) is 17.5. The third-order valence-corrected chi connectivity index (χ3v) is 4.40. The minimum Gasteiger partial charge on any atom is -0.465 e. The number of hydrogen-bond donors (Lipinski definition) is 0. The van der Waals surface area contributed by atoms with E-state index in [9.17, 15) is 14.4 Å². The van der Waals surface area contributed by atoms with Gasteiger partial charge in [-0.2, -0.15) is 0 Å². The van der Waals surface area contributed by atoms with Gasteiger partial charge in [-0.3, -0.25) is 14.4 Å². The minimum absolute atomic E-state index is 0.0658. The molecule has 0 amide bonds. The van der Waals surface area contributed by atoms with E-state index in [-0.39, 0.29) is 19.0 Å². The zero-order valence-electron chi connectivity index (χ0n) is 14.2. The van der Waals surface area contributed by atoms with E-state index >= 15 is 0 Å². The standard InChI is InChI=1S/C19H24O5/c1-3-23-18(21)17(19(22)24-4-2)14-11-8-12-15(20)16(14)13-9-6-5-7-10-13/h5-7,9-10,14,16-17H,3-4,8,11-12H2,1-2H3/t14-,16+/m1/s1. The normalized spacial score (nSPS) is 20.7. The van der Waals surface area contributed by atoms with E-state index in [1.807, 2.05) is 30.3 Å². The minimum atomic E-state index is -1.06. The van der Waals surface area contributed by atoms with Crippen LogP contribution in [0.25, 0.3) is 0 Å². The molecule has 1 fully saturated rings. The second kappa shape index (κ2) is 8.62. The van der Waals surface area contributed by atoms with E-state index < -0.39 is 29.7 Å². The number of rotatable bonds is 6. The lowest BCUT2D eigenvalue weighted by Crippen LogP contribution is -2.41. The Labute approximate surface area is 142 Å². The first-order chi connectivity index (χ1) is 11.6. The largest absolute Gasteiger partial charge is 0.465 e. The molecule has 0 N–H and O–H groups in total. The second-order valence-electron chi connectivity index (χ2n) is 5.89. The SMILES string of the molecule is CCOC(=O)C(C(=O)OCC)[C@@H]1CCCC(=O)[C@H]1c1ccccc1. The third kappa shape index (κ3) is 4.02. The first-order valence-electron chi connectivity index (χ1n) is 8.51. The summed E-state index contributed by atoms with van der Waals surface area (Å²) >= 11 is 0. The quantitative estimate of drug-likeness (QED) is 0.592. The molecule has 1 aromatic rings. The molecule has 5 nitrogen and oxygen atoms in total. The van der Waals surface area contributed by atoms with E-state index in [1.165, 1.54) is 0 Å². The molecule has 0 bridgehead atoms. The molecule has 1 saturated carbocycles. The van der Waals surface area contributed by atoms with Crippen molar-refractivity contribution < 1.29 is 23.9 Å². The number of hydrogen-bond acceptors (Lipinski definition) is 5. The first-order valence-corrected chi connectivity index (χ1v) is 8.51. The predicted octanol–water partition coefficient (Wildman–Crippen LogP) is 2.88. The Morgan fingerprint density at radius 3 is 2.21 bits per heavy atom. The predicted molar refractivity (Wildman–Crippen MR) is 88.3 cm³/mol. The average Bonchev–Trinajstić information content (AvgIpc) is 2.56. The Kier molecular flexibility index (Phi) is 6.53. The number of Topliss-reactive ketones (excluding diaryl/α,β-unsaturated/α-hetero) is 1. The molecule has 0 unspecified atom stereocenters. The Balaban J connectivity index is 2.38. The summed E-state index contributed by atoms with van der Waals surface area (Å²) in [5, 5.41) is 0. The highest BCUT2D eigenvalue weighted by Gasteiger charge is 2.45. The Morgan fingerprint density at radius 1 is 1.08 bits per heavy atom. The Bertz CT molecular complexity index is 563. The van der Waals surface area contributed by atoms with Crippen LogP contribution < -0.4 is 0 Å². The summed E-state index contributed by atoms with van der Waals surface area (Å²) in [5.41, 5.74) is 0.839. The highest BCUT2D eigenvalue weighted by Crippen LogP contribution is 2.40. The fraction of sp³-hybridized carbons (Fsp3) is 0.526. The van der Waals surface area contributed by atoms with Gasteiger partial charge < -0.3 is 9.47 Å². The lowest BCUT2D eigenvalue weighted by Gasteiger charge is -2.34. The van der Waals surface area contributed by atoms with Crippen LogP contribution in [0, 0.1) is 11.8 Å². The van der Waals surface area contributed by atoms with Gasteiger partial charge >= 0.3 is 11.9 Å². The van der Waals surface area contributed by atoms with Crippen molar-refractivity contribution in [2.75, 3.05) is 13.2 Å². The van der Waals surface area contributed by atoms with Crippen LogP contribution in [-0.4, -0.2) is 30.9 Å². The summed E-state index contributed by atoms with van der Waals surface area (Å²) in [7, 11) is 0. The molecular formula is C19H24O5. The number of carbonyl (C=O) groups is 3. The van der Waals surface area contributed by atoms with Crippen molar-refractivity contribution in [3.63, 3.8) is 0 Å². The zero-order valence-corrected chi connectivity index (χ0v) is 14.2. The molecule has 1 aromatic carbocycles. The molecule has 1 aliphatic rings. The van der Waals surface area contributed by atoms with E-state index in [0.717, 1.165) is 5.56 Å². The van der Waals surface area contributed by atoms with Crippen molar-refractivity contribution in [3.05, 3.63) is 35.9 Å². The summed E-state index contributed by atoms with van der Waals surface area (Å²) in [5.74, 6) is -3.09. The van der Waals surface area contributed by atoms with E-state index in [2.05, 4.69) is 0 Å². The van der Waals surface area contributed by atoms with Gasteiger partial charge in [-0.15, -0.1) is 0 Å². The van der Waals surface area contributed by atoms with Gasteiger partial charge in [0, 0.05) is 12.3 Å². The summed E-state index contributed by atoms with van der Waals surface area (Å²) in [6, 6.07) is 9.33. The first kappa shape index (κ1) is 18.2. The fourth-order valence-corrected chi connectivity index (χ4v) is 3.44. The topological polar surface area (TPSA) is 69.7 Å². The number of carbonyl (C=O) groups excluding carboxylic acids is 3. The van der Waals surface area contributed by atoms with Gasteiger partial charge in [0.2, 0.25) is 0 Å². The average molecular weight is 332 g/mol. The molecule has 5 heteroatoms. The maximum atomic E-state index is 12.6. The van der Waals surface area contributed by atoms with Crippen LogP contribution in [0.5, 0.6) is 0 Å². The monoisotopic (exact) mass is 332 g/mol. The van der Waals surface area contributed by atoms with Gasteiger partial charge in [-0.1, -0.05) is 30.3 Å². The van der Waals surface area contributed by atoms with Gasteiger partial charge in [0.1, 0.15) is 5.78 Å². The molecule has 130 valence electrons. The van der Waals surface area contributed by atoms with Crippen LogP contribution in [-0.2, 0) is 23.9 Å². The third-order valence-electron chi connectivity index (χ3n) is 4.40. The van der Waals surface area contributed by atoms with Gasteiger partial charge in [0.15, 0.2) is 5.92 Å². The van der Waals surface area contributed by atoms with Crippen molar-refractivity contribution in [2.24, 2.45) is 11.8 Å². The Hall–Kier alpha value is -2.17. The molecule has 2 rings (SSSR count). The van der Waals surface area contributed by atoms with Crippen molar-refractivity contribution in [2.45, 2.75) is 39.0 Å². The maximum absolute atomic E-state index is 12.6. The van der Waals surface area contributed by atoms with Crippen LogP contribution in [0.2, 0.25) is 0 Å². The molecule has 0 saturated heterocycles. The molecular weight excluding hydrogens is 308 g/mol. The van der Waals surface area contributed by atoms with E-state index in [4.69, 9.17) is 9.47 Å². The smallest absolute Gasteiger partial charge is 0.320 e. The molecule has 24 heavy (non-hydrogen) atoms. The van der Waals surface area contributed by atoms with Crippen molar-refractivity contribution in [1.29, 1.82) is 0 Å². The fourth-order valence-electron chi connectivity index (χ4n) is 3.44. The lowest BCUT2D eigenvalue weighted by molar-refractivity contribution is -0.165. The molecule has 0 aromatic heterocycles. The summed E-state index contributed by atoms with van der Waals surface area (Å²) in [6.45, 7) is 3.76. The molecule has 0 heterocycles. The van der Waals surface area contributed by atoms with E-state index in [1.54, 1.807) is 13.8 Å². The van der Waals surface area contributed by atoms with Crippen molar-refractivity contribution in [1.82, 2.24) is 0 Å². The molecule has 2 atom stereocenters. The summed E-state index contributed by atoms with van der Waals surface area (Å²) in [4.78, 5) is 37.4. The van der Waals surface area contributed by atoms with Crippen LogP contribution in [0.1, 0.15) is 44.6 Å². The number of benzene rings is 1. The Morgan fingerprint density at radius 2 is 1.67 bits per heavy atom. The highest BCUT2D eigenvalue weighted by molar-refractivity contribution is 5.97. The molecule has 0 aliphatic heterocycles. The number of esters is 2. The lowest BCUT2D eigenvalue weighted by atomic mass is 9.69. The molecule has 0 spiro atoms. The van der Waals surface area contributed by atoms with Gasteiger partial charge in [0.25, 0.3) is 0 Å². The van der Waals surface area contributed by atoms with Gasteiger partial charge in [-0.05, 0) is 38.2 Å².